The number of nitrogens with zero attached hydrogens (tertiary/aromatic N) is 3. The fourth-order valence-corrected chi connectivity index (χ4v) is 4.97. The molecule has 0 aliphatic carbocycles. The average Bonchev–Trinajstić information content (AvgIpc) is 3.28. The molecule has 2 saturated heterocycles. The highest BCUT2D eigenvalue weighted by Gasteiger charge is 2.49. The third kappa shape index (κ3) is 3.68. The zero-order chi connectivity index (χ0) is 19.7. The second-order valence-corrected chi connectivity index (χ2v) is 8.86. The molecule has 0 unspecified atom stereocenters. The average molecular weight is 402 g/mol. The summed E-state index contributed by atoms with van der Waals surface area (Å²) in [6.45, 7) is 3.91. The zero-order valence-corrected chi connectivity index (χ0v) is 16.8. The molecule has 2 aromatic rings. The minimum absolute atomic E-state index is 0.0289. The summed E-state index contributed by atoms with van der Waals surface area (Å²) >= 11 is 1.54. The van der Waals surface area contributed by atoms with Crippen molar-refractivity contribution in [1.82, 2.24) is 14.8 Å². The van der Waals surface area contributed by atoms with Gasteiger partial charge in [-0.05, 0) is 32.3 Å². The normalized spacial score (nSPS) is 22.3. The van der Waals surface area contributed by atoms with Crippen molar-refractivity contribution < 1.29 is 14.0 Å². The first-order valence-electron chi connectivity index (χ1n) is 9.68. The first-order chi connectivity index (χ1) is 13.5. The summed E-state index contributed by atoms with van der Waals surface area (Å²) in [5.74, 6) is -0.195. The fraction of sp³-hybridized carbons (Fsp3) is 0.476. The lowest BCUT2D eigenvalue weighted by atomic mass is 9.78. The molecule has 148 valence electrons. The van der Waals surface area contributed by atoms with Crippen LogP contribution in [0.2, 0.25) is 0 Å². The number of hydrogen-bond acceptors (Lipinski definition) is 4. The molecule has 1 spiro atoms. The summed E-state index contributed by atoms with van der Waals surface area (Å²) in [7, 11) is 0. The minimum atomic E-state index is -0.517. The van der Waals surface area contributed by atoms with Crippen molar-refractivity contribution in [1.29, 1.82) is 0 Å². The van der Waals surface area contributed by atoms with Gasteiger partial charge in [-0.1, -0.05) is 18.2 Å². The van der Waals surface area contributed by atoms with Gasteiger partial charge in [0.05, 0.1) is 22.5 Å². The van der Waals surface area contributed by atoms with Gasteiger partial charge >= 0.3 is 0 Å². The standard InChI is InChI=1S/C21H24FN3O2S/c1-15-23-17(13-28-15)11-19(26)25-10-8-21(14-25)7-4-9-24(20(21)27)12-16-5-2-3-6-18(16)22/h2-3,5-6,13H,4,7-12,14H2,1H3/t21-/m1/s1. The number of halogens is 1. The van der Waals surface area contributed by atoms with E-state index in [1.165, 1.54) is 17.4 Å². The molecule has 7 heteroatoms. The summed E-state index contributed by atoms with van der Waals surface area (Å²) in [6, 6.07) is 6.60. The van der Waals surface area contributed by atoms with Crippen molar-refractivity contribution >= 4 is 23.2 Å². The van der Waals surface area contributed by atoms with Crippen molar-refractivity contribution in [3.63, 3.8) is 0 Å². The van der Waals surface area contributed by atoms with Crippen LogP contribution in [0.5, 0.6) is 0 Å². The largest absolute Gasteiger partial charge is 0.341 e. The second kappa shape index (κ2) is 7.62. The Morgan fingerprint density at radius 3 is 2.86 bits per heavy atom. The maximum atomic E-state index is 14.0. The maximum absolute atomic E-state index is 14.0. The number of hydrogen-bond donors (Lipinski definition) is 0. The topological polar surface area (TPSA) is 53.5 Å². The molecule has 1 atom stereocenters. The Hall–Kier alpha value is -2.28. The van der Waals surface area contributed by atoms with E-state index in [1.807, 2.05) is 12.3 Å². The van der Waals surface area contributed by atoms with Crippen LogP contribution in [0.3, 0.4) is 0 Å². The molecule has 0 saturated carbocycles. The first-order valence-corrected chi connectivity index (χ1v) is 10.6. The summed E-state index contributed by atoms with van der Waals surface area (Å²) in [5.41, 5.74) is 0.819. The van der Waals surface area contributed by atoms with Crippen molar-refractivity contribution in [2.45, 2.75) is 39.2 Å². The molecule has 0 N–H and O–H groups in total. The molecule has 1 aromatic carbocycles. The van der Waals surface area contributed by atoms with E-state index in [0.29, 0.717) is 38.2 Å². The highest BCUT2D eigenvalue weighted by atomic mass is 32.1. The van der Waals surface area contributed by atoms with Crippen LogP contribution in [-0.4, -0.2) is 46.2 Å². The van der Waals surface area contributed by atoms with Crippen LogP contribution in [-0.2, 0) is 22.6 Å². The monoisotopic (exact) mass is 401 g/mol. The van der Waals surface area contributed by atoms with Gasteiger partial charge in [-0.15, -0.1) is 11.3 Å². The number of carbonyl (C=O) groups is 2. The van der Waals surface area contributed by atoms with Crippen molar-refractivity contribution in [3.8, 4) is 0 Å². The Kier molecular flexibility index (Phi) is 5.19. The van der Waals surface area contributed by atoms with Crippen molar-refractivity contribution in [3.05, 3.63) is 51.7 Å². The van der Waals surface area contributed by atoms with Gasteiger partial charge in [0.15, 0.2) is 0 Å². The van der Waals surface area contributed by atoms with Crippen LogP contribution >= 0.6 is 11.3 Å². The van der Waals surface area contributed by atoms with Crippen molar-refractivity contribution in [2.75, 3.05) is 19.6 Å². The van der Waals surface area contributed by atoms with Crippen LogP contribution in [0.4, 0.5) is 4.39 Å². The number of aryl methyl sites for hydroxylation is 1. The lowest BCUT2D eigenvalue weighted by molar-refractivity contribution is -0.146. The smallest absolute Gasteiger partial charge is 0.230 e. The Labute approximate surface area is 168 Å². The second-order valence-electron chi connectivity index (χ2n) is 7.80. The van der Waals surface area contributed by atoms with Gasteiger partial charge in [-0.2, -0.15) is 0 Å². The number of aromatic nitrogens is 1. The molecule has 1 aromatic heterocycles. The molecule has 0 radical (unpaired) electrons. The minimum Gasteiger partial charge on any atom is -0.341 e. The molecule has 2 amide bonds. The number of amides is 2. The van der Waals surface area contributed by atoms with E-state index in [4.69, 9.17) is 0 Å². The number of benzene rings is 1. The van der Waals surface area contributed by atoms with Crippen LogP contribution < -0.4 is 0 Å². The predicted octanol–water partition coefficient (Wildman–Crippen LogP) is 3.17. The Morgan fingerprint density at radius 1 is 1.29 bits per heavy atom. The molecular weight excluding hydrogens is 377 g/mol. The molecule has 5 nitrogen and oxygen atoms in total. The number of likely N-dealkylation sites (tertiary alicyclic amines) is 2. The van der Waals surface area contributed by atoms with Gasteiger partial charge in [-0.3, -0.25) is 9.59 Å². The lowest BCUT2D eigenvalue weighted by Crippen LogP contribution is -2.50. The van der Waals surface area contributed by atoms with Gasteiger partial charge < -0.3 is 9.80 Å². The predicted molar refractivity (Wildman–Crippen MR) is 105 cm³/mol. The molecule has 3 heterocycles. The number of rotatable bonds is 4. The van der Waals surface area contributed by atoms with Crippen LogP contribution in [0, 0.1) is 18.2 Å². The van der Waals surface area contributed by atoms with E-state index in [2.05, 4.69) is 4.98 Å². The maximum Gasteiger partial charge on any atom is 0.230 e. The van der Waals surface area contributed by atoms with Crippen LogP contribution in [0.15, 0.2) is 29.6 Å². The summed E-state index contributed by atoms with van der Waals surface area (Å²) < 4.78 is 14.0. The van der Waals surface area contributed by atoms with Crippen LogP contribution in [0.25, 0.3) is 0 Å². The van der Waals surface area contributed by atoms with Gasteiger partial charge in [0, 0.05) is 37.1 Å². The first kappa shape index (κ1) is 19.1. The van der Waals surface area contributed by atoms with Crippen molar-refractivity contribution in [2.24, 2.45) is 5.41 Å². The van der Waals surface area contributed by atoms with Gasteiger partial charge in [0.25, 0.3) is 0 Å². The van der Waals surface area contributed by atoms with E-state index >= 15 is 0 Å². The Morgan fingerprint density at radius 2 is 2.11 bits per heavy atom. The quantitative estimate of drug-likeness (QED) is 0.791. The molecule has 28 heavy (non-hydrogen) atoms. The summed E-state index contributed by atoms with van der Waals surface area (Å²) in [6.07, 6.45) is 2.64. The number of carbonyl (C=O) groups excluding carboxylic acids is 2. The number of piperidine rings is 1. The number of thiazole rings is 1. The van der Waals surface area contributed by atoms with Gasteiger partial charge in [0.1, 0.15) is 5.82 Å². The Bertz CT molecular complexity index is 899. The lowest BCUT2D eigenvalue weighted by Gasteiger charge is -2.39. The molecule has 2 aliphatic heterocycles. The fourth-order valence-electron chi connectivity index (χ4n) is 4.36. The van der Waals surface area contributed by atoms with E-state index in [0.717, 1.165) is 23.5 Å². The molecular formula is C21H24FN3O2S. The molecule has 4 rings (SSSR count). The highest BCUT2D eigenvalue weighted by Crippen LogP contribution is 2.40. The van der Waals surface area contributed by atoms with Crippen LogP contribution in [0.1, 0.15) is 35.5 Å². The summed E-state index contributed by atoms with van der Waals surface area (Å²) in [4.78, 5) is 33.9. The van der Waals surface area contributed by atoms with Gasteiger partial charge in [-0.25, -0.2) is 9.37 Å². The van der Waals surface area contributed by atoms with E-state index in [-0.39, 0.29) is 24.1 Å². The summed E-state index contributed by atoms with van der Waals surface area (Å²) in [5, 5.41) is 2.87. The molecule has 2 aliphatic rings. The van der Waals surface area contributed by atoms with E-state index in [9.17, 15) is 14.0 Å². The Balaban J connectivity index is 1.43. The molecule has 0 bridgehead atoms. The zero-order valence-electron chi connectivity index (χ0n) is 16.0. The van der Waals surface area contributed by atoms with Gasteiger partial charge in [0.2, 0.25) is 11.8 Å². The van der Waals surface area contributed by atoms with E-state index < -0.39 is 5.41 Å². The molecule has 2 fully saturated rings. The third-order valence-corrected chi connectivity index (χ3v) is 6.67. The third-order valence-electron chi connectivity index (χ3n) is 5.85. The highest BCUT2D eigenvalue weighted by molar-refractivity contribution is 7.09. The van der Waals surface area contributed by atoms with E-state index in [1.54, 1.807) is 28.0 Å². The SMILES string of the molecule is Cc1nc(CC(=O)N2CC[C@]3(CCCN(Cc4ccccc4F)C3=O)C2)cs1.